The predicted molar refractivity (Wildman–Crippen MR) is 97.6 cm³/mol. The summed E-state index contributed by atoms with van der Waals surface area (Å²) in [5.74, 6) is 1.48. The lowest BCUT2D eigenvalue weighted by Crippen LogP contribution is -2.47. The number of ether oxygens (including phenoxy) is 1. The number of carbonyl (C=O) groups is 1. The minimum Gasteiger partial charge on any atom is -0.497 e. The van der Waals surface area contributed by atoms with Gasteiger partial charge in [-0.1, -0.05) is 12.1 Å². The van der Waals surface area contributed by atoms with Crippen molar-refractivity contribution in [1.82, 2.24) is 19.8 Å². The van der Waals surface area contributed by atoms with Crippen LogP contribution in [-0.4, -0.2) is 52.2 Å². The van der Waals surface area contributed by atoms with E-state index in [-0.39, 0.29) is 5.91 Å². The van der Waals surface area contributed by atoms with E-state index in [1.807, 2.05) is 42.1 Å². The fraction of sp³-hybridized carbons (Fsp3) is 0.474. The quantitative estimate of drug-likeness (QED) is 0.806. The highest BCUT2D eigenvalue weighted by atomic mass is 16.5. The van der Waals surface area contributed by atoms with Gasteiger partial charge in [0.2, 0.25) is 5.91 Å². The van der Waals surface area contributed by atoms with Gasteiger partial charge in [-0.3, -0.25) is 9.69 Å². The average Bonchev–Trinajstić information content (AvgIpc) is 3.09. The third-order valence-corrected chi connectivity index (χ3v) is 4.94. The van der Waals surface area contributed by atoms with Crippen molar-refractivity contribution in [3.05, 3.63) is 48.0 Å². The molecule has 2 N–H and O–H groups in total. The molecular weight excluding hydrogens is 332 g/mol. The van der Waals surface area contributed by atoms with Gasteiger partial charge in [-0.05, 0) is 30.5 Å². The SMILES string of the molecule is COc1ccc(CNC(=O)CN2CCC(O)(c3nccn3C)CC2)cc1. The number of imidazole rings is 1. The number of aromatic nitrogens is 2. The van der Waals surface area contributed by atoms with Gasteiger partial charge >= 0.3 is 0 Å². The van der Waals surface area contributed by atoms with Gasteiger partial charge in [0.25, 0.3) is 0 Å². The Morgan fingerprint density at radius 3 is 2.58 bits per heavy atom. The average molecular weight is 358 g/mol. The summed E-state index contributed by atoms with van der Waals surface area (Å²) >= 11 is 0. The molecule has 1 fully saturated rings. The Bertz CT molecular complexity index is 733. The molecule has 2 heterocycles. The summed E-state index contributed by atoms with van der Waals surface area (Å²) in [4.78, 5) is 18.5. The number of nitrogens with one attached hydrogen (secondary N) is 1. The van der Waals surface area contributed by atoms with Crippen molar-refractivity contribution in [3.63, 3.8) is 0 Å². The number of aryl methyl sites for hydroxylation is 1. The number of carbonyl (C=O) groups excluding carboxylic acids is 1. The molecule has 1 aromatic carbocycles. The summed E-state index contributed by atoms with van der Waals surface area (Å²) in [5, 5.41) is 13.8. The Balaban J connectivity index is 1.45. The Labute approximate surface area is 153 Å². The largest absolute Gasteiger partial charge is 0.497 e. The first kappa shape index (κ1) is 18.4. The molecule has 7 heteroatoms. The van der Waals surface area contributed by atoms with Crippen LogP contribution in [0.1, 0.15) is 24.2 Å². The highest BCUT2D eigenvalue weighted by Gasteiger charge is 2.37. The lowest BCUT2D eigenvalue weighted by atomic mass is 9.90. The third kappa shape index (κ3) is 4.23. The molecule has 2 aromatic rings. The van der Waals surface area contributed by atoms with E-state index in [4.69, 9.17) is 4.74 Å². The summed E-state index contributed by atoms with van der Waals surface area (Å²) in [6.07, 6.45) is 4.69. The van der Waals surface area contributed by atoms with Crippen LogP contribution in [0, 0.1) is 0 Å². The number of rotatable bonds is 6. The number of aliphatic hydroxyl groups is 1. The first-order valence-corrected chi connectivity index (χ1v) is 8.82. The van der Waals surface area contributed by atoms with Gasteiger partial charge < -0.3 is 19.7 Å². The summed E-state index contributed by atoms with van der Waals surface area (Å²) in [7, 11) is 3.52. The number of likely N-dealkylation sites (tertiary alicyclic amines) is 1. The molecule has 0 aliphatic carbocycles. The highest BCUT2D eigenvalue weighted by molar-refractivity contribution is 5.78. The number of hydrogen-bond donors (Lipinski definition) is 2. The number of piperidine rings is 1. The first-order valence-electron chi connectivity index (χ1n) is 8.82. The molecule has 0 bridgehead atoms. The molecule has 3 rings (SSSR count). The Hall–Kier alpha value is -2.38. The summed E-state index contributed by atoms with van der Waals surface area (Å²) in [6, 6.07) is 7.63. The van der Waals surface area contributed by atoms with E-state index in [1.165, 1.54) is 0 Å². The maximum atomic E-state index is 12.2. The van der Waals surface area contributed by atoms with E-state index in [1.54, 1.807) is 13.3 Å². The van der Waals surface area contributed by atoms with Gasteiger partial charge in [0.15, 0.2) is 0 Å². The van der Waals surface area contributed by atoms with Gasteiger partial charge in [0, 0.05) is 39.1 Å². The molecule has 0 spiro atoms. The van der Waals surface area contributed by atoms with Crippen molar-refractivity contribution in [1.29, 1.82) is 0 Å². The molecule has 0 saturated carbocycles. The highest BCUT2D eigenvalue weighted by Crippen LogP contribution is 2.31. The summed E-state index contributed by atoms with van der Waals surface area (Å²) < 4.78 is 6.98. The van der Waals surface area contributed by atoms with Gasteiger partial charge in [-0.25, -0.2) is 4.98 Å². The third-order valence-electron chi connectivity index (χ3n) is 4.94. The monoisotopic (exact) mass is 358 g/mol. The molecule has 0 unspecified atom stereocenters. The molecular formula is C19H26N4O3. The van der Waals surface area contributed by atoms with E-state index in [9.17, 15) is 9.90 Å². The molecule has 1 aliphatic heterocycles. The van der Waals surface area contributed by atoms with Crippen LogP contribution in [0.25, 0.3) is 0 Å². The minimum absolute atomic E-state index is 0.0109. The van der Waals surface area contributed by atoms with Gasteiger partial charge in [-0.2, -0.15) is 0 Å². The second-order valence-electron chi connectivity index (χ2n) is 6.79. The van der Waals surface area contributed by atoms with E-state index < -0.39 is 5.60 Å². The van der Waals surface area contributed by atoms with Crippen LogP contribution in [0.5, 0.6) is 5.75 Å². The smallest absolute Gasteiger partial charge is 0.234 e. The standard InChI is InChI=1S/C19H26N4O3/c1-22-12-9-20-18(22)19(25)7-10-23(11-8-19)14-17(24)21-13-15-3-5-16(26-2)6-4-15/h3-6,9,12,25H,7-8,10-11,13-14H2,1-2H3,(H,21,24). The minimum atomic E-state index is -0.908. The zero-order chi connectivity index (χ0) is 18.6. The molecule has 1 amide bonds. The molecule has 0 atom stereocenters. The number of hydrogen-bond acceptors (Lipinski definition) is 5. The fourth-order valence-corrected chi connectivity index (χ4v) is 3.32. The number of nitrogens with zero attached hydrogens (tertiary/aromatic N) is 3. The van der Waals surface area contributed by atoms with Gasteiger partial charge in [0.05, 0.1) is 13.7 Å². The van der Waals surface area contributed by atoms with Crippen LogP contribution in [-0.2, 0) is 24.0 Å². The maximum Gasteiger partial charge on any atom is 0.234 e. The molecule has 1 saturated heterocycles. The normalized spacial score (nSPS) is 17.0. The van der Waals surface area contributed by atoms with Crippen molar-refractivity contribution in [2.75, 3.05) is 26.7 Å². The van der Waals surface area contributed by atoms with Crippen LogP contribution in [0.3, 0.4) is 0 Å². The van der Waals surface area contributed by atoms with E-state index >= 15 is 0 Å². The molecule has 7 nitrogen and oxygen atoms in total. The fourth-order valence-electron chi connectivity index (χ4n) is 3.32. The van der Waals surface area contributed by atoms with Crippen LogP contribution in [0.4, 0.5) is 0 Å². The van der Waals surface area contributed by atoms with Crippen molar-refractivity contribution in [3.8, 4) is 5.75 Å². The number of benzene rings is 1. The van der Waals surface area contributed by atoms with Crippen molar-refractivity contribution in [2.45, 2.75) is 25.0 Å². The Kier molecular flexibility index (Phi) is 5.58. The topological polar surface area (TPSA) is 79.6 Å². The number of methoxy groups -OCH3 is 1. The molecule has 0 radical (unpaired) electrons. The predicted octanol–water partition coefficient (Wildman–Crippen LogP) is 1.03. The van der Waals surface area contributed by atoms with Crippen molar-refractivity contribution >= 4 is 5.91 Å². The Morgan fingerprint density at radius 1 is 1.31 bits per heavy atom. The van der Waals surface area contributed by atoms with Crippen LogP contribution >= 0.6 is 0 Å². The van der Waals surface area contributed by atoms with E-state index in [2.05, 4.69) is 15.2 Å². The first-order chi connectivity index (χ1) is 12.5. The molecule has 1 aromatic heterocycles. The van der Waals surface area contributed by atoms with Gasteiger partial charge in [0.1, 0.15) is 17.2 Å². The summed E-state index contributed by atoms with van der Waals surface area (Å²) in [6.45, 7) is 2.17. The zero-order valence-electron chi connectivity index (χ0n) is 15.3. The number of amides is 1. The molecule has 140 valence electrons. The maximum absolute atomic E-state index is 12.2. The second kappa shape index (κ2) is 7.88. The lowest BCUT2D eigenvalue weighted by Gasteiger charge is -2.37. The molecule has 26 heavy (non-hydrogen) atoms. The van der Waals surface area contributed by atoms with E-state index in [0.29, 0.717) is 44.8 Å². The van der Waals surface area contributed by atoms with Crippen LogP contribution in [0.15, 0.2) is 36.7 Å². The molecule has 1 aliphatic rings. The Morgan fingerprint density at radius 2 is 2.00 bits per heavy atom. The zero-order valence-corrected chi connectivity index (χ0v) is 15.3. The van der Waals surface area contributed by atoms with Gasteiger partial charge in [-0.15, -0.1) is 0 Å². The van der Waals surface area contributed by atoms with Crippen molar-refractivity contribution < 1.29 is 14.6 Å². The van der Waals surface area contributed by atoms with Crippen LogP contribution in [0.2, 0.25) is 0 Å². The van der Waals surface area contributed by atoms with E-state index in [0.717, 1.165) is 11.3 Å². The van der Waals surface area contributed by atoms with Crippen molar-refractivity contribution in [2.24, 2.45) is 7.05 Å². The van der Waals surface area contributed by atoms with Crippen LogP contribution < -0.4 is 10.1 Å². The second-order valence-corrected chi connectivity index (χ2v) is 6.79. The summed E-state index contributed by atoms with van der Waals surface area (Å²) in [5.41, 5.74) is 0.121. The lowest BCUT2D eigenvalue weighted by molar-refractivity contribution is -0.123.